The monoisotopic (exact) mass is 301 g/mol. The molecule has 5 nitrogen and oxygen atoms in total. The van der Waals surface area contributed by atoms with Crippen molar-refractivity contribution in [2.75, 3.05) is 0 Å². The maximum Gasteiger partial charge on any atom is 0.232 e. The van der Waals surface area contributed by atoms with Gasteiger partial charge in [-0.1, -0.05) is 12.2 Å². The minimum atomic E-state index is 0.165. The minimum Gasteiger partial charge on any atom is -0.473 e. The molecule has 5 heteroatoms. The van der Waals surface area contributed by atoms with Gasteiger partial charge in [0, 0.05) is 24.4 Å². The summed E-state index contributed by atoms with van der Waals surface area (Å²) in [5, 5.41) is 3.22. The Labute approximate surface area is 131 Å². The van der Waals surface area contributed by atoms with Gasteiger partial charge >= 0.3 is 0 Å². The first-order valence-corrected chi connectivity index (χ1v) is 8.19. The molecule has 2 aliphatic carbocycles. The second-order valence-corrected chi connectivity index (χ2v) is 6.13. The summed E-state index contributed by atoms with van der Waals surface area (Å²) >= 11 is 0. The quantitative estimate of drug-likeness (QED) is 0.868. The van der Waals surface area contributed by atoms with Gasteiger partial charge in [0.1, 0.15) is 6.10 Å². The summed E-state index contributed by atoms with van der Waals surface area (Å²) in [6.07, 6.45) is 16.1. The Bertz CT molecular complexity index is 510. The van der Waals surface area contributed by atoms with Crippen LogP contribution >= 0.6 is 0 Å². The van der Waals surface area contributed by atoms with Crippen molar-refractivity contribution in [1.29, 1.82) is 0 Å². The van der Waals surface area contributed by atoms with Gasteiger partial charge in [0.05, 0.1) is 6.20 Å². The highest BCUT2D eigenvalue weighted by molar-refractivity contribution is 5.79. The van der Waals surface area contributed by atoms with Gasteiger partial charge in [0.15, 0.2) is 0 Å². The number of nitrogens with zero attached hydrogens (tertiary/aromatic N) is 2. The minimum absolute atomic E-state index is 0.165. The summed E-state index contributed by atoms with van der Waals surface area (Å²) in [7, 11) is 0. The first-order chi connectivity index (χ1) is 10.8. The van der Waals surface area contributed by atoms with E-state index in [-0.39, 0.29) is 17.9 Å². The average molecular weight is 301 g/mol. The number of rotatable bonds is 4. The van der Waals surface area contributed by atoms with E-state index < -0.39 is 0 Å². The molecule has 0 bridgehead atoms. The second-order valence-electron chi connectivity index (χ2n) is 6.13. The molecule has 118 valence electrons. The fourth-order valence-electron chi connectivity index (χ4n) is 3.19. The van der Waals surface area contributed by atoms with E-state index in [0.717, 1.165) is 44.9 Å². The van der Waals surface area contributed by atoms with Crippen LogP contribution in [0.3, 0.4) is 0 Å². The molecule has 1 amide bonds. The molecule has 1 aromatic rings. The number of carbonyl (C=O) groups is 1. The zero-order valence-corrected chi connectivity index (χ0v) is 12.8. The lowest BCUT2D eigenvalue weighted by Crippen LogP contribution is -2.42. The highest BCUT2D eigenvalue weighted by Crippen LogP contribution is 2.24. The van der Waals surface area contributed by atoms with Gasteiger partial charge < -0.3 is 10.1 Å². The molecule has 3 rings (SSSR count). The molecule has 0 saturated heterocycles. The predicted octanol–water partition coefficient (Wildman–Crippen LogP) is 2.64. The molecule has 0 radical (unpaired) electrons. The largest absolute Gasteiger partial charge is 0.473 e. The number of aromatic nitrogens is 2. The zero-order valence-electron chi connectivity index (χ0n) is 12.8. The van der Waals surface area contributed by atoms with Gasteiger partial charge in [-0.3, -0.25) is 9.78 Å². The first kappa shape index (κ1) is 15.0. The molecule has 0 unspecified atom stereocenters. The normalized spacial score (nSPS) is 28.1. The maximum atomic E-state index is 12.2. The molecule has 22 heavy (non-hydrogen) atoms. The summed E-state index contributed by atoms with van der Waals surface area (Å²) in [4.78, 5) is 20.4. The summed E-state index contributed by atoms with van der Waals surface area (Å²) < 4.78 is 5.83. The van der Waals surface area contributed by atoms with Crippen LogP contribution < -0.4 is 10.1 Å². The van der Waals surface area contributed by atoms with Crippen molar-refractivity contribution in [2.45, 2.75) is 57.1 Å². The number of carbonyl (C=O) groups excluding carboxylic acids is 1. The Morgan fingerprint density at radius 3 is 2.68 bits per heavy atom. The van der Waals surface area contributed by atoms with Crippen molar-refractivity contribution >= 4 is 5.91 Å². The zero-order chi connectivity index (χ0) is 15.2. The second kappa shape index (κ2) is 7.38. The Kier molecular flexibility index (Phi) is 5.03. The van der Waals surface area contributed by atoms with Gasteiger partial charge in [-0.15, -0.1) is 0 Å². The molecule has 1 N–H and O–H groups in total. The lowest BCUT2D eigenvalue weighted by Gasteiger charge is -2.30. The van der Waals surface area contributed by atoms with Crippen LogP contribution in [0.25, 0.3) is 0 Å². The smallest absolute Gasteiger partial charge is 0.232 e. The van der Waals surface area contributed by atoms with Crippen LogP contribution in [0, 0.1) is 5.92 Å². The van der Waals surface area contributed by atoms with Gasteiger partial charge in [-0.2, -0.15) is 0 Å². The van der Waals surface area contributed by atoms with Crippen LogP contribution in [0.1, 0.15) is 44.9 Å². The molecule has 0 aromatic carbocycles. The van der Waals surface area contributed by atoms with E-state index >= 15 is 0 Å². The van der Waals surface area contributed by atoms with Crippen LogP contribution in [0.15, 0.2) is 30.7 Å². The number of nitrogens with one attached hydrogen (secondary N) is 1. The molecule has 1 aromatic heterocycles. The Hall–Kier alpha value is -1.91. The summed E-state index contributed by atoms with van der Waals surface area (Å²) in [6.45, 7) is 0. The van der Waals surface area contributed by atoms with Gasteiger partial charge in [0.25, 0.3) is 0 Å². The van der Waals surface area contributed by atoms with Crippen LogP contribution in [-0.4, -0.2) is 28.0 Å². The average Bonchev–Trinajstić information content (AvgIpc) is 2.58. The van der Waals surface area contributed by atoms with E-state index in [9.17, 15) is 4.79 Å². The molecule has 2 aliphatic rings. The lowest BCUT2D eigenvalue weighted by atomic mass is 9.90. The van der Waals surface area contributed by atoms with Gasteiger partial charge in [-0.25, -0.2) is 4.98 Å². The van der Waals surface area contributed by atoms with Crippen LogP contribution in [0.5, 0.6) is 5.88 Å². The van der Waals surface area contributed by atoms with Gasteiger partial charge in [-0.05, 0) is 44.9 Å². The van der Waals surface area contributed by atoms with Crippen molar-refractivity contribution in [2.24, 2.45) is 5.92 Å². The summed E-state index contributed by atoms with van der Waals surface area (Å²) in [6, 6.07) is 0.292. The Balaban J connectivity index is 1.42. The highest BCUT2D eigenvalue weighted by Gasteiger charge is 2.26. The molecular formula is C17H23N3O2. The lowest BCUT2D eigenvalue weighted by molar-refractivity contribution is -0.126. The third-order valence-corrected chi connectivity index (χ3v) is 4.49. The Morgan fingerprint density at radius 1 is 1.14 bits per heavy atom. The van der Waals surface area contributed by atoms with Gasteiger partial charge in [0.2, 0.25) is 11.8 Å². The maximum absolute atomic E-state index is 12.2. The van der Waals surface area contributed by atoms with Crippen molar-refractivity contribution in [1.82, 2.24) is 15.3 Å². The van der Waals surface area contributed by atoms with E-state index in [0.29, 0.717) is 11.9 Å². The van der Waals surface area contributed by atoms with Crippen LogP contribution in [0.4, 0.5) is 0 Å². The number of amides is 1. The SMILES string of the molecule is O=C(NC1CCC(Oc2cnccn2)CC1)[C@@H]1CC=CCC1. The molecule has 0 spiro atoms. The number of ether oxygens (including phenoxy) is 1. The van der Waals surface area contributed by atoms with Crippen LogP contribution in [0.2, 0.25) is 0 Å². The predicted molar refractivity (Wildman–Crippen MR) is 83.3 cm³/mol. The van der Waals surface area contributed by atoms with E-state index in [2.05, 4.69) is 27.4 Å². The molecule has 1 heterocycles. The van der Waals surface area contributed by atoms with Crippen molar-refractivity contribution in [3.05, 3.63) is 30.7 Å². The molecule has 0 aliphatic heterocycles. The fourth-order valence-corrected chi connectivity index (χ4v) is 3.19. The highest BCUT2D eigenvalue weighted by atomic mass is 16.5. The van der Waals surface area contributed by atoms with E-state index in [1.807, 2.05) is 0 Å². The number of hydrogen-bond donors (Lipinski definition) is 1. The van der Waals surface area contributed by atoms with Crippen LogP contribution in [-0.2, 0) is 4.79 Å². The fraction of sp³-hybridized carbons (Fsp3) is 0.588. The Morgan fingerprint density at radius 2 is 2.00 bits per heavy atom. The number of allylic oxidation sites excluding steroid dienone is 2. The summed E-state index contributed by atoms with van der Waals surface area (Å²) in [5.41, 5.74) is 0. The topological polar surface area (TPSA) is 64.1 Å². The standard InChI is InChI=1S/C17H23N3O2/c21-17(13-4-2-1-3-5-13)20-14-6-8-15(9-7-14)22-16-12-18-10-11-19-16/h1-2,10-15H,3-9H2,(H,20,21)/t13-,14?,15?/m1/s1. The van der Waals surface area contributed by atoms with Crippen molar-refractivity contribution in [3.63, 3.8) is 0 Å². The molecular weight excluding hydrogens is 278 g/mol. The molecule has 1 atom stereocenters. The third-order valence-electron chi connectivity index (χ3n) is 4.49. The van der Waals surface area contributed by atoms with E-state index in [1.165, 1.54) is 0 Å². The van der Waals surface area contributed by atoms with E-state index in [4.69, 9.17) is 4.74 Å². The third kappa shape index (κ3) is 4.06. The summed E-state index contributed by atoms with van der Waals surface area (Å²) in [5.74, 6) is 0.977. The molecule has 1 fully saturated rings. The molecule has 1 saturated carbocycles. The van der Waals surface area contributed by atoms with Crippen molar-refractivity contribution < 1.29 is 9.53 Å². The number of hydrogen-bond acceptors (Lipinski definition) is 4. The van der Waals surface area contributed by atoms with E-state index in [1.54, 1.807) is 18.6 Å². The van der Waals surface area contributed by atoms with Crippen molar-refractivity contribution in [3.8, 4) is 5.88 Å². The first-order valence-electron chi connectivity index (χ1n) is 8.19.